The van der Waals surface area contributed by atoms with Crippen molar-refractivity contribution >= 4 is 27.8 Å². The van der Waals surface area contributed by atoms with E-state index in [1.807, 2.05) is 0 Å². The lowest BCUT2D eigenvalue weighted by atomic mass is 10.1. The largest absolute Gasteiger partial charge is 0.480 e. The van der Waals surface area contributed by atoms with Gasteiger partial charge < -0.3 is 15.7 Å². The van der Waals surface area contributed by atoms with Crippen molar-refractivity contribution in [3.05, 3.63) is 0 Å². The lowest BCUT2D eigenvalue weighted by molar-refractivity contribution is -0.148. The number of nitrogens with two attached hydrogens (primary N) is 1. The molecular weight excluding hydrogens is 276 g/mol. The Morgan fingerprint density at radius 3 is 2.75 bits per heavy atom. The van der Waals surface area contributed by atoms with Gasteiger partial charge in [0.05, 0.1) is 0 Å². The molecule has 0 saturated carbocycles. The van der Waals surface area contributed by atoms with Crippen LogP contribution < -0.4 is 5.73 Å². The minimum Gasteiger partial charge on any atom is -0.480 e. The zero-order chi connectivity index (χ0) is 12.1. The van der Waals surface area contributed by atoms with Crippen molar-refractivity contribution in [1.29, 1.82) is 0 Å². The molecular formula is C10H17BrN2O3. The second-order valence-electron chi connectivity index (χ2n) is 3.99. The highest BCUT2D eigenvalue weighted by Crippen LogP contribution is 2.22. The monoisotopic (exact) mass is 292 g/mol. The molecule has 1 aliphatic heterocycles. The minimum atomic E-state index is -0.924. The number of rotatable bonds is 6. The summed E-state index contributed by atoms with van der Waals surface area (Å²) in [6.07, 6.45) is 2.41. The number of unbranched alkanes of at least 4 members (excludes halogenated alkanes) is 1. The third-order valence-electron chi connectivity index (χ3n) is 2.70. The minimum absolute atomic E-state index is 0.0800. The average Bonchev–Trinajstić information content (AvgIpc) is 2.52. The van der Waals surface area contributed by atoms with E-state index in [4.69, 9.17) is 10.8 Å². The molecule has 0 aromatic heterocycles. The van der Waals surface area contributed by atoms with Gasteiger partial charge in [-0.05, 0) is 25.8 Å². The van der Waals surface area contributed by atoms with E-state index in [2.05, 4.69) is 15.9 Å². The second-order valence-corrected chi connectivity index (χ2v) is 5.28. The van der Waals surface area contributed by atoms with Crippen LogP contribution >= 0.6 is 15.9 Å². The number of nitrogens with zero attached hydrogens (tertiary/aromatic N) is 1. The quantitative estimate of drug-likeness (QED) is 0.554. The molecule has 0 aromatic carbocycles. The molecule has 1 amide bonds. The third kappa shape index (κ3) is 3.45. The van der Waals surface area contributed by atoms with Crippen molar-refractivity contribution in [1.82, 2.24) is 4.90 Å². The number of hydrogen-bond acceptors (Lipinski definition) is 3. The number of carboxylic acid groups (broad SMARTS) is 1. The van der Waals surface area contributed by atoms with E-state index in [0.29, 0.717) is 25.9 Å². The van der Waals surface area contributed by atoms with Gasteiger partial charge >= 0.3 is 5.97 Å². The van der Waals surface area contributed by atoms with Gasteiger partial charge in [-0.2, -0.15) is 0 Å². The lowest BCUT2D eigenvalue weighted by Crippen LogP contribution is -2.42. The number of halogens is 1. The molecule has 16 heavy (non-hydrogen) atoms. The zero-order valence-corrected chi connectivity index (χ0v) is 10.6. The summed E-state index contributed by atoms with van der Waals surface area (Å²) in [5, 5.41) is 9.10. The molecule has 1 fully saturated rings. The maximum Gasteiger partial charge on any atom is 0.326 e. The molecule has 5 nitrogen and oxygen atoms in total. The summed E-state index contributed by atoms with van der Waals surface area (Å²) in [4.78, 5) is 24.2. The Morgan fingerprint density at radius 1 is 1.62 bits per heavy atom. The predicted molar refractivity (Wildman–Crippen MR) is 63.4 cm³/mol. The molecule has 2 atom stereocenters. The fourth-order valence-corrected chi connectivity index (χ4v) is 2.47. The molecule has 1 rings (SSSR count). The molecule has 1 saturated heterocycles. The first-order valence-corrected chi connectivity index (χ1v) is 6.34. The highest BCUT2D eigenvalue weighted by atomic mass is 79.9. The molecule has 0 radical (unpaired) electrons. The van der Waals surface area contributed by atoms with Crippen molar-refractivity contribution in [2.24, 2.45) is 5.73 Å². The first-order chi connectivity index (χ1) is 7.56. The van der Waals surface area contributed by atoms with Gasteiger partial charge in [0, 0.05) is 17.8 Å². The summed E-state index contributed by atoms with van der Waals surface area (Å²) in [7, 11) is 0. The van der Waals surface area contributed by atoms with Crippen LogP contribution in [0.3, 0.4) is 0 Å². The van der Waals surface area contributed by atoms with Gasteiger partial charge in [0.25, 0.3) is 0 Å². The average molecular weight is 293 g/mol. The first-order valence-electron chi connectivity index (χ1n) is 5.42. The molecule has 92 valence electrons. The number of hydrogen-bond donors (Lipinski definition) is 2. The number of carboxylic acids is 1. The van der Waals surface area contributed by atoms with Crippen LogP contribution in [0.4, 0.5) is 0 Å². The van der Waals surface area contributed by atoms with Crippen LogP contribution in [0.2, 0.25) is 0 Å². The van der Waals surface area contributed by atoms with Gasteiger partial charge in [-0.15, -0.1) is 0 Å². The van der Waals surface area contributed by atoms with E-state index in [-0.39, 0.29) is 10.7 Å². The first kappa shape index (κ1) is 13.4. The molecule has 0 spiro atoms. The van der Waals surface area contributed by atoms with Crippen LogP contribution in [0.1, 0.15) is 25.7 Å². The summed E-state index contributed by atoms with van der Waals surface area (Å²) in [6.45, 7) is 1.04. The summed E-state index contributed by atoms with van der Waals surface area (Å²) >= 11 is 3.34. The Labute approximate surface area is 103 Å². The normalized spacial score (nSPS) is 22.5. The van der Waals surface area contributed by atoms with E-state index >= 15 is 0 Å². The number of aliphatic carboxylic acids is 1. The molecule has 1 aliphatic rings. The van der Waals surface area contributed by atoms with Crippen molar-refractivity contribution in [3.8, 4) is 0 Å². The topological polar surface area (TPSA) is 83.6 Å². The molecule has 3 N–H and O–H groups in total. The summed E-state index contributed by atoms with van der Waals surface area (Å²) in [5.41, 5.74) is 5.36. The maximum absolute atomic E-state index is 11.6. The van der Waals surface area contributed by atoms with Crippen molar-refractivity contribution < 1.29 is 14.7 Å². The van der Waals surface area contributed by atoms with E-state index in [9.17, 15) is 9.59 Å². The van der Waals surface area contributed by atoms with Crippen LogP contribution in [-0.4, -0.2) is 45.8 Å². The van der Waals surface area contributed by atoms with Gasteiger partial charge in [-0.1, -0.05) is 15.9 Å². The number of alkyl halides is 1. The zero-order valence-electron chi connectivity index (χ0n) is 9.06. The molecule has 0 aliphatic carbocycles. The van der Waals surface area contributed by atoms with Crippen molar-refractivity contribution in [2.75, 3.05) is 13.1 Å². The standard InChI is InChI=1S/C10H17BrN2O3/c11-7-5-9(14)13(6-7)8(10(15)16)3-1-2-4-12/h7-8H,1-6,12H2,(H,15,16). The fraction of sp³-hybridized carbons (Fsp3) is 0.800. The van der Waals surface area contributed by atoms with Gasteiger partial charge in [0.2, 0.25) is 5.91 Å². The lowest BCUT2D eigenvalue weighted by Gasteiger charge is -2.24. The third-order valence-corrected chi connectivity index (χ3v) is 3.32. The molecule has 0 bridgehead atoms. The highest BCUT2D eigenvalue weighted by molar-refractivity contribution is 9.09. The number of carbonyl (C=O) groups is 2. The smallest absolute Gasteiger partial charge is 0.326 e. The molecule has 0 aromatic rings. The summed E-state index contributed by atoms with van der Waals surface area (Å²) in [6, 6.07) is -0.693. The summed E-state index contributed by atoms with van der Waals surface area (Å²) < 4.78 is 0. The number of carbonyl (C=O) groups excluding carboxylic acids is 1. The Hall–Kier alpha value is -0.620. The maximum atomic E-state index is 11.6. The van der Waals surface area contributed by atoms with Crippen LogP contribution in [0.5, 0.6) is 0 Å². The Kier molecular flexibility index (Phi) is 5.21. The second kappa shape index (κ2) is 6.20. The Balaban J connectivity index is 2.56. The predicted octanol–water partition coefficient (Wildman–Crippen LogP) is 0.564. The van der Waals surface area contributed by atoms with Gasteiger partial charge in [0.1, 0.15) is 6.04 Å². The van der Waals surface area contributed by atoms with Crippen LogP contribution in [-0.2, 0) is 9.59 Å². The van der Waals surface area contributed by atoms with Gasteiger partial charge in [0.15, 0.2) is 0 Å². The SMILES string of the molecule is NCCCCC(C(=O)O)N1CC(Br)CC1=O. The van der Waals surface area contributed by atoms with E-state index in [0.717, 1.165) is 12.8 Å². The number of likely N-dealkylation sites (tertiary alicyclic amines) is 1. The van der Waals surface area contributed by atoms with Crippen molar-refractivity contribution in [2.45, 2.75) is 36.6 Å². The Bertz CT molecular complexity index is 273. The van der Waals surface area contributed by atoms with E-state index in [1.54, 1.807) is 0 Å². The molecule has 2 unspecified atom stereocenters. The summed E-state index contributed by atoms with van der Waals surface area (Å²) in [5.74, 6) is -1.01. The Morgan fingerprint density at radius 2 is 2.31 bits per heavy atom. The fourth-order valence-electron chi connectivity index (χ4n) is 1.88. The van der Waals surface area contributed by atoms with Crippen LogP contribution in [0, 0.1) is 0 Å². The van der Waals surface area contributed by atoms with E-state index < -0.39 is 12.0 Å². The van der Waals surface area contributed by atoms with Crippen LogP contribution in [0.25, 0.3) is 0 Å². The molecule has 1 heterocycles. The van der Waals surface area contributed by atoms with Gasteiger partial charge in [-0.25, -0.2) is 4.79 Å². The van der Waals surface area contributed by atoms with Crippen molar-refractivity contribution in [3.63, 3.8) is 0 Å². The highest BCUT2D eigenvalue weighted by Gasteiger charge is 2.36. The van der Waals surface area contributed by atoms with Crippen LogP contribution in [0.15, 0.2) is 0 Å². The van der Waals surface area contributed by atoms with E-state index in [1.165, 1.54) is 4.90 Å². The number of amides is 1. The van der Waals surface area contributed by atoms with Gasteiger partial charge in [-0.3, -0.25) is 4.79 Å². The molecule has 6 heteroatoms.